The molecule has 56 valence electrons. The smallest absolute Gasteiger partial charge is 0.00374 e. The van der Waals surface area contributed by atoms with Gasteiger partial charge in [0, 0.05) is 12.4 Å². The largest absolute Gasteiger partial charge is 0.367 e. The molecule has 0 fully saturated rings. The van der Waals surface area contributed by atoms with Gasteiger partial charge < -0.3 is 10.7 Å². The van der Waals surface area contributed by atoms with Crippen LogP contribution in [-0.4, -0.2) is 11.5 Å². The Balaban J connectivity index is 2.40. The van der Waals surface area contributed by atoms with E-state index in [1.165, 1.54) is 5.56 Å². The van der Waals surface area contributed by atoms with Crippen molar-refractivity contribution in [2.45, 2.75) is 13.3 Å². The molecule has 0 saturated heterocycles. The van der Waals surface area contributed by atoms with Crippen molar-refractivity contribution in [2.24, 2.45) is 11.7 Å². The Morgan fingerprint density at radius 1 is 1.70 bits per heavy atom. The molecule has 1 heterocycles. The molecule has 2 nitrogen and oxygen atoms in total. The minimum atomic E-state index is 0.593. The lowest BCUT2D eigenvalue weighted by Gasteiger charge is -2.04. The summed E-state index contributed by atoms with van der Waals surface area (Å²) in [4.78, 5) is 3.02. The second-order valence-electron chi connectivity index (χ2n) is 2.76. The number of nitrogens with one attached hydrogen (secondary N) is 1. The third-order valence-electron chi connectivity index (χ3n) is 1.65. The van der Waals surface area contributed by atoms with Crippen LogP contribution in [0.5, 0.6) is 0 Å². The Hall–Kier alpha value is -0.760. The third kappa shape index (κ3) is 1.88. The highest BCUT2D eigenvalue weighted by molar-refractivity contribution is 5.08. The van der Waals surface area contributed by atoms with Gasteiger partial charge in [-0.05, 0) is 30.5 Å². The number of hydrogen-bond acceptors (Lipinski definition) is 1. The predicted octanol–water partition coefficient (Wildman–Crippen LogP) is 1.15. The van der Waals surface area contributed by atoms with Crippen molar-refractivity contribution in [3.05, 3.63) is 24.0 Å². The number of nitrogens with two attached hydrogens (primary N) is 1. The lowest BCUT2D eigenvalue weighted by atomic mass is 10.0. The van der Waals surface area contributed by atoms with Gasteiger partial charge in [-0.25, -0.2) is 0 Å². The topological polar surface area (TPSA) is 41.8 Å². The molecule has 1 aromatic rings. The molecular weight excluding hydrogens is 124 g/mol. The lowest BCUT2D eigenvalue weighted by molar-refractivity contribution is 0.593. The first kappa shape index (κ1) is 7.35. The van der Waals surface area contributed by atoms with Crippen LogP contribution in [0.4, 0.5) is 0 Å². The zero-order valence-corrected chi connectivity index (χ0v) is 6.30. The molecule has 1 rings (SSSR count). The molecule has 2 heteroatoms. The summed E-state index contributed by atoms with van der Waals surface area (Å²) in [6, 6.07) is 2.09. The molecule has 0 amide bonds. The van der Waals surface area contributed by atoms with Gasteiger partial charge in [0.25, 0.3) is 0 Å². The molecule has 0 radical (unpaired) electrons. The van der Waals surface area contributed by atoms with Crippen molar-refractivity contribution >= 4 is 0 Å². The number of hydrogen-bond donors (Lipinski definition) is 2. The maximum atomic E-state index is 5.48. The summed E-state index contributed by atoms with van der Waals surface area (Å²) in [6.07, 6.45) is 5.05. The van der Waals surface area contributed by atoms with E-state index in [1.54, 1.807) is 0 Å². The first-order valence-electron chi connectivity index (χ1n) is 3.64. The summed E-state index contributed by atoms with van der Waals surface area (Å²) in [7, 11) is 0. The fourth-order valence-electron chi connectivity index (χ4n) is 0.971. The Kier molecular flexibility index (Phi) is 2.51. The summed E-state index contributed by atoms with van der Waals surface area (Å²) in [5.74, 6) is 0.593. The zero-order chi connectivity index (χ0) is 7.40. The highest BCUT2D eigenvalue weighted by Gasteiger charge is 1.99. The van der Waals surface area contributed by atoms with Crippen molar-refractivity contribution in [1.29, 1.82) is 0 Å². The van der Waals surface area contributed by atoms with E-state index in [2.05, 4.69) is 18.0 Å². The number of H-pyrrole nitrogens is 1. The van der Waals surface area contributed by atoms with Gasteiger partial charge in [0.15, 0.2) is 0 Å². The fourth-order valence-corrected chi connectivity index (χ4v) is 0.971. The molecule has 0 bridgehead atoms. The van der Waals surface area contributed by atoms with Crippen molar-refractivity contribution in [1.82, 2.24) is 4.98 Å². The van der Waals surface area contributed by atoms with E-state index in [-0.39, 0.29) is 0 Å². The number of aromatic amines is 1. The van der Waals surface area contributed by atoms with Crippen LogP contribution >= 0.6 is 0 Å². The van der Waals surface area contributed by atoms with Gasteiger partial charge in [-0.2, -0.15) is 0 Å². The second-order valence-corrected chi connectivity index (χ2v) is 2.76. The van der Waals surface area contributed by atoms with Crippen molar-refractivity contribution in [3.8, 4) is 0 Å². The molecular formula is C8H14N2. The molecule has 0 aliphatic carbocycles. The monoisotopic (exact) mass is 138 g/mol. The summed E-state index contributed by atoms with van der Waals surface area (Å²) in [6.45, 7) is 2.93. The molecule has 1 atom stereocenters. The molecule has 10 heavy (non-hydrogen) atoms. The third-order valence-corrected chi connectivity index (χ3v) is 1.65. The van der Waals surface area contributed by atoms with Crippen LogP contribution in [0, 0.1) is 5.92 Å². The lowest BCUT2D eigenvalue weighted by Crippen LogP contribution is -2.12. The first-order valence-corrected chi connectivity index (χ1v) is 3.64. The van der Waals surface area contributed by atoms with Gasteiger partial charge in [0.1, 0.15) is 0 Å². The van der Waals surface area contributed by atoms with Crippen LogP contribution in [-0.2, 0) is 6.42 Å². The van der Waals surface area contributed by atoms with Gasteiger partial charge >= 0.3 is 0 Å². The van der Waals surface area contributed by atoms with Crippen LogP contribution in [0.3, 0.4) is 0 Å². The second kappa shape index (κ2) is 3.42. The number of aromatic nitrogens is 1. The molecule has 0 aliphatic rings. The van der Waals surface area contributed by atoms with Crippen LogP contribution in [0.2, 0.25) is 0 Å². The molecule has 0 spiro atoms. The fraction of sp³-hybridized carbons (Fsp3) is 0.500. The van der Waals surface area contributed by atoms with E-state index in [0.717, 1.165) is 13.0 Å². The summed E-state index contributed by atoms with van der Waals surface area (Å²) < 4.78 is 0. The summed E-state index contributed by atoms with van der Waals surface area (Å²) >= 11 is 0. The van der Waals surface area contributed by atoms with E-state index in [9.17, 15) is 0 Å². The molecule has 1 unspecified atom stereocenters. The Bertz CT molecular complexity index is 167. The van der Waals surface area contributed by atoms with Crippen LogP contribution in [0.25, 0.3) is 0 Å². The molecule has 1 aromatic heterocycles. The summed E-state index contributed by atoms with van der Waals surface area (Å²) in [5, 5.41) is 0. The standard InChI is InChI=1S/C8H14N2/c1-7(5-9)4-8-2-3-10-6-8/h2-3,6-7,10H,4-5,9H2,1H3. The average Bonchev–Trinajstić information content (AvgIpc) is 2.40. The van der Waals surface area contributed by atoms with Crippen molar-refractivity contribution in [3.63, 3.8) is 0 Å². The quantitative estimate of drug-likeness (QED) is 0.646. The van der Waals surface area contributed by atoms with E-state index >= 15 is 0 Å². The molecule has 0 aliphatic heterocycles. The van der Waals surface area contributed by atoms with Gasteiger partial charge in [-0.15, -0.1) is 0 Å². The normalized spacial score (nSPS) is 13.4. The predicted molar refractivity (Wildman–Crippen MR) is 42.7 cm³/mol. The summed E-state index contributed by atoms with van der Waals surface area (Å²) in [5.41, 5.74) is 6.82. The van der Waals surface area contributed by atoms with Crippen LogP contribution in [0.15, 0.2) is 18.5 Å². The Morgan fingerprint density at radius 2 is 2.50 bits per heavy atom. The van der Waals surface area contributed by atoms with E-state index in [1.807, 2.05) is 12.4 Å². The van der Waals surface area contributed by atoms with Crippen molar-refractivity contribution < 1.29 is 0 Å². The van der Waals surface area contributed by atoms with Gasteiger partial charge in [0.05, 0.1) is 0 Å². The van der Waals surface area contributed by atoms with E-state index < -0.39 is 0 Å². The zero-order valence-electron chi connectivity index (χ0n) is 6.30. The minimum absolute atomic E-state index is 0.593. The van der Waals surface area contributed by atoms with E-state index in [4.69, 9.17) is 5.73 Å². The molecule has 3 N–H and O–H groups in total. The average molecular weight is 138 g/mol. The SMILES string of the molecule is CC(CN)Cc1cc[nH]c1. The molecule has 0 saturated carbocycles. The maximum absolute atomic E-state index is 5.48. The molecule has 0 aromatic carbocycles. The van der Waals surface area contributed by atoms with Gasteiger partial charge in [0.2, 0.25) is 0 Å². The highest BCUT2D eigenvalue weighted by Crippen LogP contribution is 2.04. The Morgan fingerprint density at radius 3 is 3.00 bits per heavy atom. The Labute approximate surface area is 61.4 Å². The minimum Gasteiger partial charge on any atom is -0.367 e. The van der Waals surface area contributed by atoms with Gasteiger partial charge in [-0.3, -0.25) is 0 Å². The number of rotatable bonds is 3. The van der Waals surface area contributed by atoms with Crippen LogP contribution < -0.4 is 5.73 Å². The van der Waals surface area contributed by atoms with Gasteiger partial charge in [-0.1, -0.05) is 6.92 Å². The highest BCUT2D eigenvalue weighted by atomic mass is 14.6. The van der Waals surface area contributed by atoms with Crippen molar-refractivity contribution in [2.75, 3.05) is 6.54 Å². The van der Waals surface area contributed by atoms with Crippen LogP contribution in [0.1, 0.15) is 12.5 Å². The maximum Gasteiger partial charge on any atom is 0.00374 e. The van der Waals surface area contributed by atoms with E-state index in [0.29, 0.717) is 5.92 Å². The first-order chi connectivity index (χ1) is 4.83.